The molecule has 0 radical (unpaired) electrons. The van der Waals surface area contributed by atoms with Crippen LogP contribution in [0.2, 0.25) is 0 Å². The summed E-state index contributed by atoms with van der Waals surface area (Å²) in [7, 11) is -3.43. The van der Waals surface area contributed by atoms with E-state index in [4.69, 9.17) is 0 Å². The van der Waals surface area contributed by atoms with E-state index in [0.29, 0.717) is 10.9 Å². The fourth-order valence-corrected chi connectivity index (χ4v) is 3.62. The lowest BCUT2D eigenvalue weighted by molar-refractivity contribution is 0.491. The molecule has 1 aliphatic rings. The van der Waals surface area contributed by atoms with Crippen LogP contribution in [0, 0.1) is 0 Å². The van der Waals surface area contributed by atoms with Crippen molar-refractivity contribution in [2.45, 2.75) is 50.6 Å². The van der Waals surface area contributed by atoms with Crippen LogP contribution in [-0.4, -0.2) is 20.0 Å². The van der Waals surface area contributed by atoms with Crippen molar-refractivity contribution in [3.8, 4) is 0 Å². The largest absolute Gasteiger partial charge is 0.382 e. The Balaban J connectivity index is 2.33. The first kappa shape index (κ1) is 13.4. The zero-order valence-electron chi connectivity index (χ0n) is 11.2. The summed E-state index contributed by atoms with van der Waals surface area (Å²) in [6.45, 7) is 7.59. The molecule has 1 atom stereocenters. The molecule has 1 heterocycles. The molecule has 2 N–H and O–H groups in total. The summed E-state index contributed by atoms with van der Waals surface area (Å²) in [6, 6.07) is 5.63. The van der Waals surface area contributed by atoms with Crippen molar-refractivity contribution >= 4 is 15.7 Å². The smallest absolute Gasteiger partial charge is 0.241 e. The highest BCUT2D eigenvalue weighted by Gasteiger charge is 2.24. The van der Waals surface area contributed by atoms with Crippen LogP contribution >= 0.6 is 0 Å². The molecule has 0 spiro atoms. The molecule has 0 aliphatic carbocycles. The molecule has 0 fully saturated rings. The summed E-state index contributed by atoms with van der Waals surface area (Å²) < 4.78 is 27.1. The molecular weight excluding hydrogens is 248 g/mol. The van der Waals surface area contributed by atoms with Crippen LogP contribution in [-0.2, 0) is 16.4 Å². The van der Waals surface area contributed by atoms with Crippen molar-refractivity contribution in [3.63, 3.8) is 0 Å². The number of hydrogen-bond acceptors (Lipinski definition) is 3. The second kappa shape index (κ2) is 4.24. The highest BCUT2D eigenvalue weighted by molar-refractivity contribution is 7.89. The number of benzene rings is 1. The van der Waals surface area contributed by atoms with Crippen molar-refractivity contribution in [2.24, 2.45) is 0 Å². The first-order chi connectivity index (χ1) is 8.17. The lowest BCUT2D eigenvalue weighted by atomic mass is 10.1. The van der Waals surface area contributed by atoms with E-state index in [0.717, 1.165) is 17.7 Å². The highest BCUT2D eigenvalue weighted by Crippen LogP contribution is 2.28. The van der Waals surface area contributed by atoms with E-state index in [1.807, 2.05) is 26.8 Å². The van der Waals surface area contributed by atoms with Gasteiger partial charge in [0, 0.05) is 17.3 Å². The van der Waals surface area contributed by atoms with Crippen molar-refractivity contribution in [1.82, 2.24) is 4.72 Å². The predicted molar refractivity (Wildman–Crippen MR) is 73.3 cm³/mol. The zero-order chi connectivity index (χ0) is 13.6. The Hall–Kier alpha value is -1.07. The van der Waals surface area contributed by atoms with Gasteiger partial charge in [-0.05, 0) is 57.9 Å². The first-order valence-corrected chi connectivity index (χ1v) is 7.59. The van der Waals surface area contributed by atoms with Crippen LogP contribution in [0.5, 0.6) is 0 Å². The maximum atomic E-state index is 12.2. The van der Waals surface area contributed by atoms with Crippen molar-refractivity contribution < 1.29 is 8.42 Å². The molecule has 0 saturated carbocycles. The van der Waals surface area contributed by atoms with Crippen LogP contribution in [0.4, 0.5) is 5.69 Å². The Labute approximate surface area is 109 Å². The van der Waals surface area contributed by atoms with E-state index < -0.39 is 15.6 Å². The monoisotopic (exact) mass is 268 g/mol. The van der Waals surface area contributed by atoms with Gasteiger partial charge < -0.3 is 5.32 Å². The normalized spacial score (nSPS) is 19.4. The van der Waals surface area contributed by atoms with Gasteiger partial charge in [-0.2, -0.15) is 0 Å². The van der Waals surface area contributed by atoms with Crippen molar-refractivity contribution in [3.05, 3.63) is 23.8 Å². The van der Waals surface area contributed by atoms with Crippen molar-refractivity contribution in [2.75, 3.05) is 5.32 Å². The SMILES string of the molecule is C[C@H]1Cc2cc(S(=O)(=O)NC(C)(C)C)ccc2N1. The van der Waals surface area contributed by atoms with Crippen LogP contribution < -0.4 is 10.0 Å². The summed E-state index contributed by atoms with van der Waals surface area (Å²) in [5.41, 5.74) is 1.64. The fourth-order valence-electron chi connectivity index (χ4n) is 2.16. The van der Waals surface area contributed by atoms with Gasteiger partial charge in [0.05, 0.1) is 4.90 Å². The number of rotatable bonds is 2. The Morgan fingerprint density at radius 3 is 2.61 bits per heavy atom. The quantitative estimate of drug-likeness (QED) is 0.864. The second-order valence-electron chi connectivity index (χ2n) is 5.92. The molecular formula is C13H20N2O2S. The molecule has 1 aromatic carbocycles. The van der Waals surface area contributed by atoms with E-state index in [1.165, 1.54) is 0 Å². The maximum absolute atomic E-state index is 12.2. The van der Waals surface area contributed by atoms with E-state index >= 15 is 0 Å². The predicted octanol–water partition coefficient (Wildman–Crippen LogP) is 2.12. The Morgan fingerprint density at radius 1 is 1.33 bits per heavy atom. The van der Waals surface area contributed by atoms with Gasteiger partial charge >= 0.3 is 0 Å². The average Bonchev–Trinajstić information content (AvgIpc) is 2.52. The molecule has 5 heteroatoms. The third-order valence-electron chi connectivity index (χ3n) is 2.76. The third kappa shape index (κ3) is 2.84. The molecule has 0 unspecified atom stereocenters. The molecule has 0 bridgehead atoms. The fraction of sp³-hybridized carbons (Fsp3) is 0.538. The van der Waals surface area contributed by atoms with Crippen LogP contribution in [0.1, 0.15) is 33.3 Å². The highest BCUT2D eigenvalue weighted by atomic mass is 32.2. The Morgan fingerprint density at radius 2 is 2.00 bits per heavy atom. The number of hydrogen-bond donors (Lipinski definition) is 2. The zero-order valence-corrected chi connectivity index (χ0v) is 12.1. The van der Waals surface area contributed by atoms with Gasteiger partial charge in [-0.25, -0.2) is 13.1 Å². The Bertz CT molecular complexity index is 559. The Kier molecular flexibility index (Phi) is 3.15. The molecule has 0 saturated heterocycles. The third-order valence-corrected chi connectivity index (χ3v) is 4.51. The van der Waals surface area contributed by atoms with Gasteiger partial charge in [-0.15, -0.1) is 0 Å². The molecule has 18 heavy (non-hydrogen) atoms. The summed E-state index contributed by atoms with van der Waals surface area (Å²) in [6.07, 6.45) is 0.869. The van der Waals surface area contributed by atoms with Gasteiger partial charge in [0.1, 0.15) is 0 Å². The van der Waals surface area contributed by atoms with Crippen LogP contribution in [0.25, 0.3) is 0 Å². The van der Waals surface area contributed by atoms with E-state index in [2.05, 4.69) is 17.0 Å². The van der Waals surface area contributed by atoms with E-state index in [-0.39, 0.29) is 0 Å². The van der Waals surface area contributed by atoms with Crippen LogP contribution in [0.15, 0.2) is 23.1 Å². The van der Waals surface area contributed by atoms with Gasteiger partial charge in [0.25, 0.3) is 0 Å². The maximum Gasteiger partial charge on any atom is 0.241 e. The topological polar surface area (TPSA) is 58.2 Å². The minimum Gasteiger partial charge on any atom is -0.382 e. The lowest BCUT2D eigenvalue weighted by Crippen LogP contribution is -2.40. The van der Waals surface area contributed by atoms with Gasteiger partial charge in [0.2, 0.25) is 10.0 Å². The summed E-state index contributed by atoms with van der Waals surface area (Å²) >= 11 is 0. The van der Waals surface area contributed by atoms with Gasteiger partial charge in [0.15, 0.2) is 0 Å². The van der Waals surface area contributed by atoms with E-state index in [1.54, 1.807) is 12.1 Å². The van der Waals surface area contributed by atoms with Crippen LogP contribution in [0.3, 0.4) is 0 Å². The minimum absolute atomic E-state index is 0.340. The van der Waals surface area contributed by atoms with Gasteiger partial charge in [-0.1, -0.05) is 0 Å². The number of nitrogens with one attached hydrogen (secondary N) is 2. The van der Waals surface area contributed by atoms with Crippen molar-refractivity contribution in [1.29, 1.82) is 0 Å². The standard InChI is InChI=1S/C13H20N2O2S/c1-9-7-10-8-11(5-6-12(10)14-9)18(16,17)15-13(2,3)4/h5-6,8-9,14-15H,7H2,1-4H3/t9-/m0/s1. The summed E-state index contributed by atoms with van der Waals surface area (Å²) in [5, 5.41) is 3.31. The molecule has 100 valence electrons. The number of fused-ring (bicyclic) bond motifs is 1. The molecule has 1 aromatic rings. The summed E-state index contributed by atoms with van der Waals surface area (Å²) in [4.78, 5) is 0.340. The molecule has 1 aliphatic heterocycles. The molecule has 4 nitrogen and oxygen atoms in total. The first-order valence-electron chi connectivity index (χ1n) is 6.11. The average molecular weight is 268 g/mol. The van der Waals surface area contributed by atoms with E-state index in [9.17, 15) is 8.42 Å². The molecule has 2 rings (SSSR count). The molecule has 0 amide bonds. The summed E-state index contributed by atoms with van der Waals surface area (Å²) in [5.74, 6) is 0. The number of sulfonamides is 1. The lowest BCUT2D eigenvalue weighted by Gasteiger charge is -2.20. The number of anilines is 1. The van der Waals surface area contributed by atoms with Gasteiger partial charge in [-0.3, -0.25) is 0 Å². The second-order valence-corrected chi connectivity index (χ2v) is 7.61. The minimum atomic E-state index is -3.43. The molecule has 0 aromatic heterocycles.